The van der Waals surface area contributed by atoms with Gasteiger partial charge in [0.1, 0.15) is 6.61 Å². The second-order valence-electron chi connectivity index (χ2n) is 7.07. The highest BCUT2D eigenvalue weighted by Crippen LogP contribution is 2.10. The van der Waals surface area contributed by atoms with Crippen LogP contribution >= 0.6 is 0 Å². The van der Waals surface area contributed by atoms with Crippen LogP contribution in [0.3, 0.4) is 0 Å². The molecule has 0 aromatic carbocycles. The van der Waals surface area contributed by atoms with Crippen molar-refractivity contribution in [1.29, 1.82) is 0 Å². The number of aliphatic hydroxyl groups is 2. The quantitative estimate of drug-likeness (QED) is 0.182. The highest BCUT2D eigenvalue weighted by Gasteiger charge is 2.02. The fourth-order valence-corrected chi connectivity index (χ4v) is 2.81. The van der Waals surface area contributed by atoms with E-state index in [2.05, 4.69) is 19.1 Å². The lowest BCUT2D eigenvalue weighted by atomic mass is 10.1. The van der Waals surface area contributed by atoms with Gasteiger partial charge in [-0.25, -0.2) is 0 Å². The second-order valence-corrected chi connectivity index (χ2v) is 7.07. The van der Waals surface area contributed by atoms with Gasteiger partial charge in [0.2, 0.25) is 0 Å². The third-order valence-corrected chi connectivity index (χ3v) is 4.44. The third kappa shape index (κ3) is 21.2. The summed E-state index contributed by atoms with van der Waals surface area (Å²) in [4.78, 5) is 11.5. The summed E-state index contributed by atoms with van der Waals surface area (Å²) in [7, 11) is 0. The van der Waals surface area contributed by atoms with E-state index in [0.717, 1.165) is 51.4 Å². The number of esters is 1. The fourth-order valence-electron chi connectivity index (χ4n) is 2.81. The molecule has 0 aliphatic heterocycles. The molecule has 27 heavy (non-hydrogen) atoms. The van der Waals surface area contributed by atoms with Crippen LogP contribution in [-0.4, -0.2) is 48.7 Å². The Kier molecular flexibility index (Phi) is 20.7. The standard InChI is InChI=1S/C22H42O5/c1-2-3-4-11-14-21(24)15-12-9-7-5-6-8-10-13-16-22(25)27-20-19-26-18-17-23/h9,12,21,23-24H,2-8,10-11,13-20H2,1H3/t21-/m1/s1. The molecule has 0 radical (unpaired) electrons. The summed E-state index contributed by atoms with van der Waals surface area (Å²) in [5.74, 6) is -0.168. The van der Waals surface area contributed by atoms with Gasteiger partial charge in [-0.15, -0.1) is 0 Å². The Hall–Kier alpha value is -0.910. The second kappa shape index (κ2) is 21.4. The topological polar surface area (TPSA) is 76.0 Å². The molecule has 0 amide bonds. The van der Waals surface area contributed by atoms with E-state index in [0.29, 0.717) is 13.0 Å². The van der Waals surface area contributed by atoms with Gasteiger partial charge >= 0.3 is 5.97 Å². The SMILES string of the molecule is CCCCCC[C@@H](O)CC=CCCCCCCCC(=O)OCCOCCO. The van der Waals surface area contributed by atoms with Crippen molar-refractivity contribution in [2.75, 3.05) is 26.4 Å². The summed E-state index contributed by atoms with van der Waals surface area (Å²) in [6, 6.07) is 0. The van der Waals surface area contributed by atoms with E-state index in [1.54, 1.807) is 0 Å². The fraction of sp³-hybridized carbons (Fsp3) is 0.864. The molecule has 0 aromatic heterocycles. The summed E-state index contributed by atoms with van der Waals surface area (Å²) < 4.78 is 10.1. The molecule has 5 heteroatoms. The van der Waals surface area contributed by atoms with E-state index >= 15 is 0 Å². The van der Waals surface area contributed by atoms with Crippen molar-refractivity contribution in [3.05, 3.63) is 12.2 Å². The van der Waals surface area contributed by atoms with Crippen molar-refractivity contribution in [1.82, 2.24) is 0 Å². The molecule has 0 saturated carbocycles. The largest absolute Gasteiger partial charge is 0.463 e. The van der Waals surface area contributed by atoms with Crippen molar-refractivity contribution in [2.45, 2.75) is 96.5 Å². The highest BCUT2D eigenvalue weighted by atomic mass is 16.6. The van der Waals surface area contributed by atoms with Gasteiger partial charge in [-0.1, -0.05) is 64.0 Å². The molecule has 5 nitrogen and oxygen atoms in total. The van der Waals surface area contributed by atoms with Crippen molar-refractivity contribution < 1.29 is 24.5 Å². The Balaban J connectivity index is 3.30. The van der Waals surface area contributed by atoms with Gasteiger partial charge in [0, 0.05) is 6.42 Å². The van der Waals surface area contributed by atoms with Gasteiger partial charge in [0.05, 0.1) is 25.9 Å². The maximum atomic E-state index is 11.5. The molecule has 0 rings (SSSR count). The number of carbonyl (C=O) groups excluding carboxylic acids is 1. The van der Waals surface area contributed by atoms with E-state index in [4.69, 9.17) is 14.6 Å². The molecule has 0 bridgehead atoms. The van der Waals surface area contributed by atoms with Gasteiger partial charge in [-0.3, -0.25) is 4.79 Å². The zero-order valence-electron chi connectivity index (χ0n) is 17.4. The molecule has 0 unspecified atom stereocenters. The Labute approximate surface area is 166 Å². The molecule has 1 atom stereocenters. The Morgan fingerprint density at radius 3 is 2.44 bits per heavy atom. The number of hydrogen-bond donors (Lipinski definition) is 2. The molecule has 0 saturated heterocycles. The predicted molar refractivity (Wildman–Crippen MR) is 110 cm³/mol. The van der Waals surface area contributed by atoms with E-state index in [1.165, 1.54) is 25.7 Å². The smallest absolute Gasteiger partial charge is 0.305 e. The lowest BCUT2D eigenvalue weighted by Crippen LogP contribution is -2.11. The van der Waals surface area contributed by atoms with Crippen LogP contribution in [0.5, 0.6) is 0 Å². The van der Waals surface area contributed by atoms with Crippen LogP contribution in [0.15, 0.2) is 12.2 Å². The first-order valence-corrected chi connectivity index (χ1v) is 10.9. The summed E-state index contributed by atoms with van der Waals surface area (Å²) in [5.41, 5.74) is 0. The molecule has 0 aromatic rings. The van der Waals surface area contributed by atoms with E-state index in [-0.39, 0.29) is 31.9 Å². The highest BCUT2D eigenvalue weighted by molar-refractivity contribution is 5.69. The zero-order chi connectivity index (χ0) is 20.0. The Morgan fingerprint density at radius 1 is 0.926 bits per heavy atom. The number of unbranched alkanes of at least 4 members (excludes halogenated alkanes) is 8. The molecule has 2 N–H and O–H groups in total. The number of carbonyl (C=O) groups is 1. The molecule has 160 valence electrons. The maximum Gasteiger partial charge on any atom is 0.305 e. The minimum absolute atomic E-state index is 0.00911. The number of aliphatic hydroxyl groups excluding tert-OH is 2. The summed E-state index contributed by atoms with van der Waals surface area (Å²) in [6.45, 7) is 3.08. The monoisotopic (exact) mass is 386 g/mol. The molecule has 0 aliphatic rings. The van der Waals surface area contributed by atoms with Crippen LogP contribution in [-0.2, 0) is 14.3 Å². The van der Waals surface area contributed by atoms with Gasteiger partial charge in [-0.05, 0) is 32.1 Å². The van der Waals surface area contributed by atoms with E-state index in [1.807, 2.05) is 0 Å². The van der Waals surface area contributed by atoms with Crippen molar-refractivity contribution >= 4 is 5.97 Å². The van der Waals surface area contributed by atoms with Gasteiger partial charge in [0.25, 0.3) is 0 Å². The first-order chi connectivity index (χ1) is 13.2. The van der Waals surface area contributed by atoms with Crippen LogP contribution in [0.25, 0.3) is 0 Å². The van der Waals surface area contributed by atoms with Crippen LogP contribution in [0, 0.1) is 0 Å². The number of rotatable bonds is 20. The molecule has 0 spiro atoms. The van der Waals surface area contributed by atoms with E-state index in [9.17, 15) is 9.90 Å². The molecule has 0 fully saturated rings. The van der Waals surface area contributed by atoms with Crippen molar-refractivity contribution in [3.63, 3.8) is 0 Å². The van der Waals surface area contributed by atoms with Crippen LogP contribution in [0.2, 0.25) is 0 Å². The predicted octanol–water partition coefficient (Wildman–Crippen LogP) is 4.55. The summed E-state index contributed by atoms with van der Waals surface area (Å²) in [5, 5.41) is 18.4. The number of allylic oxidation sites excluding steroid dienone is 1. The van der Waals surface area contributed by atoms with Crippen molar-refractivity contribution in [3.8, 4) is 0 Å². The summed E-state index contributed by atoms with van der Waals surface area (Å²) in [6.07, 6.45) is 17.6. The molecule has 0 aliphatic carbocycles. The van der Waals surface area contributed by atoms with Crippen LogP contribution in [0.4, 0.5) is 0 Å². The Bertz CT molecular complexity index is 344. The average molecular weight is 387 g/mol. The molecular weight excluding hydrogens is 344 g/mol. The molecule has 0 heterocycles. The maximum absolute atomic E-state index is 11.5. The summed E-state index contributed by atoms with van der Waals surface area (Å²) >= 11 is 0. The molecular formula is C22H42O5. The number of ether oxygens (including phenoxy) is 2. The Morgan fingerprint density at radius 2 is 1.67 bits per heavy atom. The average Bonchev–Trinajstić information content (AvgIpc) is 2.66. The zero-order valence-corrected chi connectivity index (χ0v) is 17.4. The first-order valence-electron chi connectivity index (χ1n) is 10.9. The first kappa shape index (κ1) is 26.1. The normalized spacial score (nSPS) is 12.6. The van der Waals surface area contributed by atoms with Crippen LogP contribution < -0.4 is 0 Å². The van der Waals surface area contributed by atoms with Gasteiger partial charge in [0.15, 0.2) is 0 Å². The van der Waals surface area contributed by atoms with Crippen LogP contribution in [0.1, 0.15) is 90.4 Å². The minimum Gasteiger partial charge on any atom is -0.463 e. The van der Waals surface area contributed by atoms with E-state index < -0.39 is 0 Å². The van der Waals surface area contributed by atoms with Crippen molar-refractivity contribution in [2.24, 2.45) is 0 Å². The lowest BCUT2D eigenvalue weighted by molar-refractivity contribution is -0.145. The van der Waals surface area contributed by atoms with Gasteiger partial charge in [-0.2, -0.15) is 0 Å². The van der Waals surface area contributed by atoms with Gasteiger partial charge < -0.3 is 19.7 Å². The number of hydrogen-bond acceptors (Lipinski definition) is 5. The lowest BCUT2D eigenvalue weighted by Gasteiger charge is -2.07. The third-order valence-electron chi connectivity index (χ3n) is 4.44. The minimum atomic E-state index is -0.181.